The second-order valence-corrected chi connectivity index (χ2v) is 5.44. The first-order valence-corrected chi connectivity index (χ1v) is 6.72. The van der Waals surface area contributed by atoms with E-state index in [1.807, 2.05) is 12.3 Å². The smallest absolute Gasteiger partial charge is 0.129 e. The van der Waals surface area contributed by atoms with Crippen LogP contribution in [-0.2, 0) is 0 Å². The molecule has 1 aromatic heterocycles. The Morgan fingerprint density at radius 1 is 1.29 bits per heavy atom. The molecule has 3 rings (SSSR count). The van der Waals surface area contributed by atoms with Crippen molar-refractivity contribution in [1.29, 1.82) is 0 Å². The van der Waals surface area contributed by atoms with Gasteiger partial charge >= 0.3 is 0 Å². The summed E-state index contributed by atoms with van der Waals surface area (Å²) in [6, 6.07) is 3.96. The van der Waals surface area contributed by atoms with E-state index in [9.17, 15) is 0 Å². The van der Waals surface area contributed by atoms with Crippen LogP contribution in [0.4, 0.5) is 0 Å². The van der Waals surface area contributed by atoms with Crippen LogP contribution in [0.1, 0.15) is 24.8 Å². The summed E-state index contributed by atoms with van der Waals surface area (Å²) in [5.41, 5.74) is 2.68. The molecule has 1 aromatic rings. The maximum Gasteiger partial charge on any atom is 0.129 e. The third-order valence-electron chi connectivity index (χ3n) is 4.01. The van der Waals surface area contributed by atoms with E-state index in [0.717, 1.165) is 11.8 Å². The average Bonchev–Trinajstić information content (AvgIpc) is 2.39. The molecule has 90 valence electrons. The minimum Gasteiger partial charge on any atom is -0.316 e. The van der Waals surface area contributed by atoms with Crippen LogP contribution in [0.25, 0.3) is 5.57 Å². The topological polar surface area (TPSA) is 24.9 Å². The summed E-state index contributed by atoms with van der Waals surface area (Å²) in [5, 5.41) is 4.07. The zero-order valence-corrected chi connectivity index (χ0v) is 10.6. The molecule has 0 amide bonds. The Labute approximate surface area is 107 Å². The van der Waals surface area contributed by atoms with E-state index in [-0.39, 0.29) is 0 Å². The Balaban J connectivity index is 1.80. The molecule has 0 bridgehead atoms. The highest BCUT2D eigenvalue weighted by molar-refractivity contribution is 6.29. The van der Waals surface area contributed by atoms with E-state index in [1.165, 1.54) is 43.5 Å². The van der Waals surface area contributed by atoms with Gasteiger partial charge in [0.25, 0.3) is 0 Å². The molecule has 1 aliphatic carbocycles. The van der Waals surface area contributed by atoms with Crippen molar-refractivity contribution in [2.75, 3.05) is 13.1 Å². The lowest BCUT2D eigenvalue weighted by Crippen LogP contribution is -2.37. The predicted molar refractivity (Wildman–Crippen MR) is 70.9 cm³/mol. The van der Waals surface area contributed by atoms with Crippen LogP contribution >= 0.6 is 11.6 Å². The van der Waals surface area contributed by atoms with Crippen molar-refractivity contribution < 1.29 is 0 Å². The first-order valence-electron chi connectivity index (χ1n) is 6.34. The van der Waals surface area contributed by atoms with Gasteiger partial charge in [0.2, 0.25) is 0 Å². The third-order valence-corrected chi connectivity index (χ3v) is 4.24. The number of nitrogens with zero attached hydrogens (tertiary/aromatic N) is 1. The Morgan fingerprint density at radius 3 is 3.06 bits per heavy atom. The van der Waals surface area contributed by atoms with Gasteiger partial charge in [-0.1, -0.05) is 23.7 Å². The molecule has 2 aliphatic rings. The average molecular weight is 249 g/mol. The van der Waals surface area contributed by atoms with E-state index in [0.29, 0.717) is 5.15 Å². The molecule has 0 unspecified atom stereocenters. The van der Waals surface area contributed by atoms with Gasteiger partial charge in [-0.05, 0) is 61.4 Å². The van der Waals surface area contributed by atoms with Crippen molar-refractivity contribution in [3.63, 3.8) is 0 Å². The molecule has 1 fully saturated rings. The summed E-state index contributed by atoms with van der Waals surface area (Å²) in [4.78, 5) is 4.17. The van der Waals surface area contributed by atoms with E-state index in [4.69, 9.17) is 11.6 Å². The molecule has 0 saturated carbocycles. The van der Waals surface area contributed by atoms with Gasteiger partial charge in [0.05, 0.1) is 0 Å². The van der Waals surface area contributed by atoms with Gasteiger partial charge in [-0.3, -0.25) is 0 Å². The lowest BCUT2D eigenvalue weighted by atomic mass is 9.75. The maximum atomic E-state index is 5.82. The number of halogens is 1. The lowest BCUT2D eigenvalue weighted by Gasteiger charge is -2.35. The standard InChI is InChI=1S/C14H17ClN2/c15-14-4-3-12(9-17-14)11-2-1-10-5-6-16-8-13(10)7-11/h2-4,9-10,13,16H,1,5-8H2/t10-,13+/m1/s1. The highest BCUT2D eigenvalue weighted by Gasteiger charge is 2.28. The van der Waals surface area contributed by atoms with E-state index >= 15 is 0 Å². The number of nitrogens with one attached hydrogen (secondary N) is 1. The van der Waals surface area contributed by atoms with E-state index in [1.54, 1.807) is 0 Å². The van der Waals surface area contributed by atoms with Crippen molar-refractivity contribution in [2.45, 2.75) is 19.3 Å². The van der Waals surface area contributed by atoms with Gasteiger partial charge in [-0.2, -0.15) is 0 Å². The van der Waals surface area contributed by atoms with Gasteiger partial charge in [-0.25, -0.2) is 4.98 Å². The number of rotatable bonds is 1. The summed E-state index contributed by atoms with van der Waals surface area (Å²) in [7, 11) is 0. The zero-order chi connectivity index (χ0) is 11.7. The minimum atomic E-state index is 0.572. The molecule has 2 nitrogen and oxygen atoms in total. The molecule has 3 heteroatoms. The lowest BCUT2D eigenvalue weighted by molar-refractivity contribution is 0.252. The largest absolute Gasteiger partial charge is 0.316 e. The summed E-state index contributed by atoms with van der Waals surface area (Å²) < 4.78 is 0. The first-order chi connectivity index (χ1) is 8.33. The second kappa shape index (κ2) is 4.79. The molecule has 1 N–H and O–H groups in total. The normalized spacial score (nSPS) is 28.4. The SMILES string of the molecule is Clc1ccc(C2=CC[C@@H]3CCNC[C@@H]3C2)cn1. The number of fused-ring (bicyclic) bond motifs is 1. The number of hydrogen-bond donors (Lipinski definition) is 1. The highest BCUT2D eigenvalue weighted by Crippen LogP contribution is 2.37. The fourth-order valence-electron chi connectivity index (χ4n) is 2.99. The van der Waals surface area contributed by atoms with Crippen LogP contribution in [0.15, 0.2) is 24.4 Å². The number of allylic oxidation sites excluding steroid dienone is 2. The zero-order valence-electron chi connectivity index (χ0n) is 9.82. The summed E-state index contributed by atoms with van der Waals surface area (Å²) >= 11 is 5.82. The van der Waals surface area contributed by atoms with Crippen LogP contribution in [0.5, 0.6) is 0 Å². The predicted octanol–water partition coefficient (Wildman–Crippen LogP) is 3.14. The quantitative estimate of drug-likeness (QED) is 0.773. The van der Waals surface area contributed by atoms with Crippen molar-refractivity contribution in [2.24, 2.45) is 11.8 Å². The Kier molecular flexibility index (Phi) is 3.17. The fourth-order valence-corrected chi connectivity index (χ4v) is 3.10. The second-order valence-electron chi connectivity index (χ2n) is 5.05. The van der Waals surface area contributed by atoms with Crippen LogP contribution in [0.2, 0.25) is 5.15 Å². The number of piperidine rings is 1. The molecule has 2 heterocycles. The van der Waals surface area contributed by atoms with Gasteiger partial charge in [-0.15, -0.1) is 0 Å². The molecule has 1 saturated heterocycles. The molecular weight excluding hydrogens is 232 g/mol. The van der Waals surface area contributed by atoms with Gasteiger partial charge in [0.15, 0.2) is 0 Å². The molecule has 1 aliphatic heterocycles. The van der Waals surface area contributed by atoms with Crippen LogP contribution < -0.4 is 5.32 Å². The van der Waals surface area contributed by atoms with Crippen LogP contribution in [0.3, 0.4) is 0 Å². The Morgan fingerprint density at radius 2 is 2.24 bits per heavy atom. The van der Waals surface area contributed by atoms with Crippen molar-refractivity contribution >= 4 is 17.2 Å². The van der Waals surface area contributed by atoms with Crippen molar-refractivity contribution in [3.05, 3.63) is 35.1 Å². The summed E-state index contributed by atoms with van der Waals surface area (Å²) in [6.07, 6.45) is 8.03. The van der Waals surface area contributed by atoms with E-state index < -0.39 is 0 Å². The van der Waals surface area contributed by atoms with Gasteiger partial charge < -0.3 is 5.32 Å². The number of aromatic nitrogens is 1. The molecule has 0 radical (unpaired) electrons. The number of hydrogen-bond acceptors (Lipinski definition) is 2. The highest BCUT2D eigenvalue weighted by atomic mass is 35.5. The minimum absolute atomic E-state index is 0.572. The van der Waals surface area contributed by atoms with Crippen LogP contribution in [-0.4, -0.2) is 18.1 Å². The van der Waals surface area contributed by atoms with Crippen LogP contribution in [0, 0.1) is 11.8 Å². The molecule has 2 atom stereocenters. The Hall–Kier alpha value is -0.860. The van der Waals surface area contributed by atoms with E-state index in [2.05, 4.69) is 22.4 Å². The van der Waals surface area contributed by atoms with Crippen molar-refractivity contribution in [1.82, 2.24) is 10.3 Å². The van der Waals surface area contributed by atoms with Gasteiger partial charge in [0, 0.05) is 6.20 Å². The maximum absolute atomic E-state index is 5.82. The fraction of sp³-hybridized carbons (Fsp3) is 0.500. The number of pyridine rings is 1. The molecular formula is C14H17ClN2. The Bertz CT molecular complexity index is 424. The molecule has 0 aromatic carbocycles. The summed E-state index contributed by atoms with van der Waals surface area (Å²) in [6.45, 7) is 2.36. The first kappa shape index (κ1) is 11.2. The van der Waals surface area contributed by atoms with Gasteiger partial charge in [0.1, 0.15) is 5.15 Å². The summed E-state index contributed by atoms with van der Waals surface area (Å²) in [5.74, 6) is 1.69. The molecule has 0 spiro atoms. The monoisotopic (exact) mass is 248 g/mol. The molecule has 17 heavy (non-hydrogen) atoms. The third kappa shape index (κ3) is 2.38. The van der Waals surface area contributed by atoms with Crippen molar-refractivity contribution in [3.8, 4) is 0 Å².